The monoisotopic (exact) mass is 414 g/mol. The molecule has 30 heavy (non-hydrogen) atoms. The molecule has 0 saturated carbocycles. The van der Waals surface area contributed by atoms with Crippen LogP contribution in [-0.2, 0) is 9.53 Å². The van der Waals surface area contributed by atoms with Crippen LogP contribution in [0.2, 0.25) is 0 Å². The third-order valence-electron chi connectivity index (χ3n) is 5.01. The van der Waals surface area contributed by atoms with Gasteiger partial charge in [-0.15, -0.1) is 0 Å². The van der Waals surface area contributed by atoms with Crippen LogP contribution in [0.5, 0.6) is 11.5 Å². The average Bonchev–Trinajstić information content (AvgIpc) is 2.69. The minimum atomic E-state index is -0.918. The Morgan fingerprint density at radius 3 is 2.27 bits per heavy atom. The lowest BCUT2D eigenvalue weighted by molar-refractivity contribution is -0.151. The Morgan fingerprint density at radius 2 is 1.70 bits per heavy atom. The summed E-state index contributed by atoms with van der Waals surface area (Å²) < 4.78 is 10.6. The second-order valence-electron chi connectivity index (χ2n) is 7.73. The molecule has 162 valence electrons. The fraction of sp³-hybridized carbons (Fsp3) is 0.435. The number of aromatic nitrogens is 1. The lowest BCUT2D eigenvalue weighted by Crippen LogP contribution is -2.42. The Balaban J connectivity index is 2.06. The zero-order valence-electron chi connectivity index (χ0n) is 18.3. The normalized spacial score (nSPS) is 14.0. The molecular weight excluding hydrogens is 384 g/mol. The lowest BCUT2D eigenvalue weighted by atomic mass is 9.84. The van der Waals surface area contributed by atoms with Crippen molar-refractivity contribution < 1.29 is 24.2 Å². The van der Waals surface area contributed by atoms with Gasteiger partial charge in [0.15, 0.2) is 17.2 Å². The number of nitrogens with one attached hydrogen (secondary N) is 1. The first-order valence-electron chi connectivity index (χ1n) is 9.95. The number of hydrogen-bond acceptors (Lipinski definition) is 6. The summed E-state index contributed by atoms with van der Waals surface area (Å²) in [5.41, 5.74) is 2.04. The quantitative estimate of drug-likeness (QED) is 0.641. The van der Waals surface area contributed by atoms with Crippen molar-refractivity contribution in [3.05, 3.63) is 53.3 Å². The Labute approximate surface area is 177 Å². The first-order chi connectivity index (χ1) is 14.1. The van der Waals surface area contributed by atoms with Crippen LogP contribution in [0.1, 0.15) is 55.2 Å². The molecule has 0 spiro atoms. The van der Waals surface area contributed by atoms with Crippen molar-refractivity contribution in [3.8, 4) is 11.5 Å². The number of ether oxygens (including phenoxy) is 2. The first kappa shape index (κ1) is 23.2. The van der Waals surface area contributed by atoms with Gasteiger partial charge in [-0.1, -0.05) is 43.7 Å². The Morgan fingerprint density at radius 1 is 1.07 bits per heavy atom. The van der Waals surface area contributed by atoms with Gasteiger partial charge in [0.2, 0.25) is 0 Å². The van der Waals surface area contributed by atoms with Gasteiger partial charge in [0, 0.05) is 18.2 Å². The molecule has 3 atom stereocenters. The third kappa shape index (κ3) is 5.49. The number of carbonyl (C=O) groups is 2. The zero-order chi connectivity index (χ0) is 22.4. The number of nitrogens with zero attached hydrogens (tertiary/aromatic N) is 1. The van der Waals surface area contributed by atoms with Crippen LogP contribution in [0.25, 0.3) is 0 Å². The highest BCUT2D eigenvalue weighted by Gasteiger charge is 2.29. The maximum Gasteiger partial charge on any atom is 0.328 e. The second kappa shape index (κ2) is 10.1. The van der Waals surface area contributed by atoms with Crippen LogP contribution in [0, 0.1) is 12.8 Å². The number of rotatable bonds is 8. The maximum absolute atomic E-state index is 12.6. The summed E-state index contributed by atoms with van der Waals surface area (Å²) in [4.78, 5) is 28.9. The van der Waals surface area contributed by atoms with E-state index in [0.29, 0.717) is 0 Å². The van der Waals surface area contributed by atoms with Gasteiger partial charge in [-0.3, -0.25) is 4.79 Å². The molecule has 0 fully saturated rings. The third-order valence-corrected chi connectivity index (χ3v) is 5.01. The molecule has 0 unspecified atom stereocenters. The van der Waals surface area contributed by atoms with Crippen LogP contribution in [-0.4, -0.2) is 41.2 Å². The molecule has 1 heterocycles. The summed E-state index contributed by atoms with van der Waals surface area (Å²) in [5.74, 6) is -1.25. The molecule has 0 aliphatic carbocycles. The van der Waals surface area contributed by atoms with E-state index in [0.717, 1.165) is 11.1 Å². The van der Waals surface area contributed by atoms with Crippen molar-refractivity contribution in [2.75, 3.05) is 7.11 Å². The number of methoxy groups -OCH3 is 1. The van der Waals surface area contributed by atoms with Crippen LogP contribution in [0.3, 0.4) is 0 Å². The molecular formula is C23H30N2O5. The fourth-order valence-corrected chi connectivity index (χ4v) is 3.44. The summed E-state index contributed by atoms with van der Waals surface area (Å²) in [6.07, 6.45) is 0.954. The maximum atomic E-state index is 12.6. The van der Waals surface area contributed by atoms with E-state index in [9.17, 15) is 14.7 Å². The zero-order valence-corrected chi connectivity index (χ0v) is 18.3. The molecule has 0 saturated heterocycles. The van der Waals surface area contributed by atoms with Gasteiger partial charge in [-0.25, -0.2) is 9.78 Å². The fourth-order valence-electron chi connectivity index (χ4n) is 3.44. The molecule has 0 bridgehead atoms. The highest BCUT2D eigenvalue weighted by Crippen LogP contribution is 2.30. The summed E-state index contributed by atoms with van der Waals surface area (Å²) >= 11 is 0. The standard InChI is InChI=1S/C23H30N2O5/c1-13(2)19(17-9-7-14(3)8-10-17)16(5)30-23(28)15(4)25-22(27)20-21(26)18(29-6)11-12-24-20/h7-13,15-16,19,26H,1-6H3,(H,25,27)/t15-,16-,19+/m0/s1. The Hall–Kier alpha value is -3.09. The van der Waals surface area contributed by atoms with Gasteiger partial charge in [0.25, 0.3) is 5.91 Å². The SMILES string of the molecule is COc1ccnc(C(=O)N[C@@H](C)C(=O)O[C@@H](C)[C@H](c2ccc(C)cc2)C(C)C)c1O. The highest BCUT2D eigenvalue weighted by molar-refractivity contribution is 5.97. The lowest BCUT2D eigenvalue weighted by Gasteiger charge is -2.29. The molecule has 7 nitrogen and oxygen atoms in total. The molecule has 2 N–H and O–H groups in total. The molecule has 0 aliphatic rings. The van der Waals surface area contributed by atoms with E-state index in [2.05, 4.69) is 24.1 Å². The van der Waals surface area contributed by atoms with E-state index in [1.54, 1.807) is 0 Å². The van der Waals surface area contributed by atoms with E-state index in [4.69, 9.17) is 9.47 Å². The number of esters is 1. The van der Waals surface area contributed by atoms with Gasteiger partial charge >= 0.3 is 5.97 Å². The van der Waals surface area contributed by atoms with Crippen molar-refractivity contribution in [3.63, 3.8) is 0 Å². The minimum absolute atomic E-state index is 0.0153. The highest BCUT2D eigenvalue weighted by atomic mass is 16.5. The predicted molar refractivity (Wildman–Crippen MR) is 114 cm³/mol. The van der Waals surface area contributed by atoms with Crippen molar-refractivity contribution in [1.82, 2.24) is 10.3 Å². The number of hydrogen-bond donors (Lipinski definition) is 2. The molecule has 7 heteroatoms. The number of amides is 1. The largest absolute Gasteiger partial charge is 0.503 e. The first-order valence-corrected chi connectivity index (χ1v) is 9.95. The number of carbonyl (C=O) groups excluding carboxylic acids is 2. The summed E-state index contributed by atoms with van der Waals surface area (Å²) in [7, 11) is 1.37. The van der Waals surface area contributed by atoms with Crippen molar-refractivity contribution in [1.29, 1.82) is 0 Å². The van der Waals surface area contributed by atoms with Crippen molar-refractivity contribution in [2.45, 2.75) is 52.7 Å². The van der Waals surface area contributed by atoms with E-state index >= 15 is 0 Å². The van der Waals surface area contributed by atoms with Gasteiger partial charge in [-0.2, -0.15) is 0 Å². The van der Waals surface area contributed by atoms with Gasteiger partial charge in [-0.05, 0) is 32.3 Å². The van der Waals surface area contributed by atoms with Gasteiger partial charge in [0.1, 0.15) is 12.1 Å². The van der Waals surface area contributed by atoms with E-state index in [1.807, 2.05) is 38.1 Å². The summed E-state index contributed by atoms with van der Waals surface area (Å²) in [5, 5.41) is 12.6. The predicted octanol–water partition coefficient (Wildman–Crippen LogP) is 3.59. The summed E-state index contributed by atoms with van der Waals surface area (Å²) in [6, 6.07) is 8.69. The number of pyridine rings is 1. The molecule has 1 aromatic heterocycles. The van der Waals surface area contributed by atoms with E-state index in [-0.39, 0.29) is 35.1 Å². The second-order valence-corrected chi connectivity index (χ2v) is 7.73. The molecule has 0 aliphatic heterocycles. The minimum Gasteiger partial charge on any atom is -0.503 e. The van der Waals surface area contributed by atoms with Crippen LogP contribution in [0.4, 0.5) is 0 Å². The Kier molecular flexibility index (Phi) is 7.80. The average molecular weight is 415 g/mol. The molecule has 1 amide bonds. The van der Waals surface area contributed by atoms with Crippen LogP contribution >= 0.6 is 0 Å². The van der Waals surface area contributed by atoms with Crippen LogP contribution in [0.15, 0.2) is 36.5 Å². The van der Waals surface area contributed by atoms with E-state index in [1.165, 1.54) is 26.3 Å². The van der Waals surface area contributed by atoms with E-state index < -0.39 is 17.9 Å². The van der Waals surface area contributed by atoms with Crippen molar-refractivity contribution >= 4 is 11.9 Å². The van der Waals surface area contributed by atoms with Crippen molar-refractivity contribution in [2.24, 2.45) is 5.92 Å². The smallest absolute Gasteiger partial charge is 0.328 e. The van der Waals surface area contributed by atoms with Crippen LogP contribution < -0.4 is 10.1 Å². The van der Waals surface area contributed by atoms with Gasteiger partial charge in [0.05, 0.1) is 7.11 Å². The number of aromatic hydroxyl groups is 1. The topological polar surface area (TPSA) is 97.8 Å². The van der Waals surface area contributed by atoms with Gasteiger partial charge < -0.3 is 19.9 Å². The molecule has 1 aromatic carbocycles. The molecule has 2 aromatic rings. The number of benzene rings is 1. The number of aryl methyl sites for hydroxylation is 1. The Bertz CT molecular complexity index is 880. The molecule has 2 rings (SSSR count). The molecule has 0 radical (unpaired) electrons. The summed E-state index contributed by atoms with van der Waals surface area (Å²) in [6.45, 7) is 9.57.